The molecule has 0 bridgehead atoms. The summed E-state index contributed by atoms with van der Waals surface area (Å²) in [6, 6.07) is 15.6. The minimum Gasteiger partial charge on any atom is -0.507 e. The van der Waals surface area contributed by atoms with Gasteiger partial charge in [-0.3, -0.25) is 9.59 Å². The number of benzene rings is 2. The first-order valence-corrected chi connectivity index (χ1v) is 9.17. The number of phenolic OH excluding ortho intramolecular Hbond substituents is 1. The number of hydrogen-bond donors (Lipinski definition) is 5. The molecular weight excluding hydrogens is 422 g/mol. The quantitative estimate of drug-likeness (QED) is 0.379. The molecule has 0 saturated heterocycles. The van der Waals surface area contributed by atoms with Gasteiger partial charge in [0.15, 0.2) is 0 Å². The number of carboxylic acids is 1. The van der Waals surface area contributed by atoms with Gasteiger partial charge in [0.1, 0.15) is 23.2 Å². The lowest BCUT2D eigenvalue weighted by molar-refractivity contribution is -0.138. The number of aliphatic carboxylic acids is 1. The van der Waals surface area contributed by atoms with Crippen molar-refractivity contribution in [2.75, 3.05) is 11.1 Å². The highest BCUT2D eigenvalue weighted by molar-refractivity contribution is 5.97. The Kier molecular flexibility index (Phi) is 9.09. The molecule has 1 amide bonds. The van der Waals surface area contributed by atoms with E-state index in [1.807, 2.05) is 6.07 Å². The second-order valence-electron chi connectivity index (χ2n) is 6.72. The van der Waals surface area contributed by atoms with Crippen molar-refractivity contribution in [3.63, 3.8) is 0 Å². The number of carbonyl (C=O) groups excluding carboxylic acids is 1. The first-order valence-electron chi connectivity index (χ1n) is 9.17. The number of phenols is 1. The molecule has 1 heterocycles. The van der Waals surface area contributed by atoms with E-state index in [1.54, 1.807) is 48.5 Å². The molecule has 172 valence electrons. The summed E-state index contributed by atoms with van der Waals surface area (Å²) >= 11 is 0. The Bertz CT molecular complexity index is 1200. The van der Waals surface area contributed by atoms with Crippen molar-refractivity contribution in [3.8, 4) is 34.2 Å². The van der Waals surface area contributed by atoms with Crippen molar-refractivity contribution >= 4 is 23.4 Å². The van der Waals surface area contributed by atoms with Crippen molar-refractivity contribution < 1.29 is 19.8 Å². The molecule has 0 fully saturated rings. The van der Waals surface area contributed by atoms with Crippen LogP contribution in [0.25, 0.3) is 22.4 Å². The summed E-state index contributed by atoms with van der Waals surface area (Å²) in [4.78, 5) is 27.1. The van der Waals surface area contributed by atoms with Crippen LogP contribution in [-0.2, 0) is 9.59 Å². The van der Waals surface area contributed by atoms with E-state index in [0.29, 0.717) is 28.1 Å². The molecule has 0 radical (unpaired) electrons. The number of nitrogens with zero attached hydrogens (tertiary/aromatic N) is 2. The van der Waals surface area contributed by atoms with Crippen LogP contribution in [0.4, 0.5) is 11.5 Å². The number of amides is 1. The number of rotatable bonds is 6. The predicted molar refractivity (Wildman–Crippen MR) is 128 cm³/mol. The fourth-order valence-electron chi connectivity index (χ4n) is 3.02. The van der Waals surface area contributed by atoms with Crippen LogP contribution in [-0.4, -0.2) is 33.1 Å². The van der Waals surface area contributed by atoms with Gasteiger partial charge in [-0.05, 0) is 35.9 Å². The van der Waals surface area contributed by atoms with Gasteiger partial charge in [0.2, 0.25) is 5.91 Å². The molecule has 0 unspecified atom stereocenters. The van der Waals surface area contributed by atoms with E-state index in [0.717, 1.165) is 0 Å². The number of pyridine rings is 1. The maximum atomic E-state index is 12.1. The Morgan fingerprint density at radius 1 is 1.09 bits per heavy atom. The molecule has 2 aromatic carbocycles. The topological polar surface area (TPSA) is 175 Å². The monoisotopic (exact) mass is 449 g/mol. The molecule has 3 aromatic rings. The highest BCUT2D eigenvalue weighted by Crippen LogP contribution is 2.35. The van der Waals surface area contributed by atoms with Crippen molar-refractivity contribution in [2.45, 2.75) is 27.3 Å². The van der Waals surface area contributed by atoms with Crippen LogP contribution in [0.5, 0.6) is 5.75 Å². The van der Waals surface area contributed by atoms with Gasteiger partial charge in [0, 0.05) is 16.8 Å². The molecule has 33 heavy (non-hydrogen) atoms. The molecule has 1 atom stereocenters. The third kappa shape index (κ3) is 6.06. The summed E-state index contributed by atoms with van der Waals surface area (Å²) in [5.74, 6) is -1.82. The lowest BCUT2D eigenvalue weighted by Crippen LogP contribution is -2.37. The van der Waals surface area contributed by atoms with Crippen LogP contribution >= 0.6 is 0 Å². The summed E-state index contributed by atoms with van der Waals surface area (Å²) in [5.41, 5.74) is 14.0. The van der Waals surface area contributed by atoms with Gasteiger partial charge in [0.25, 0.3) is 0 Å². The number of aromatic nitrogens is 1. The zero-order valence-corrected chi connectivity index (χ0v) is 16.2. The first kappa shape index (κ1) is 26.6. The van der Waals surface area contributed by atoms with Crippen molar-refractivity contribution in [1.82, 2.24) is 4.98 Å². The molecule has 0 aliphatic carbocycles. The average molecular weight is 450 g/mol. The highest BCUT2D eigenvalue weighted by atomic mass is 16.4. The second kappa shape index (κ2) is 11.3. The first-order chi connectivity index (χ1) is 14.8. The zero-order valence-electron chi connectivity index (χ0n) is 16.2. The van der Waals surface area contributed by atoms with E-state index >= 15 is 0 Å². The minimum atomic E-state index is -1.21. The van der Waals surface area contributed by atoms with Crippen molar-refractivity contribution in [1.29, 1.82) is 5.26 Å². The lowest BCUT2D eigenvalue weighted by Gasteiger charge is -2.13. The molecule has 9 heteroatoms. The predicted octanol–water partition coefficient (Wildman–Crippen LogP) is 3.59. The van der Waals surface area contributed by atoms with E-state index < -0.39 is 24.3 Å². The van der Waals surface area contributed by atoms with Gasteiger partial charge in [-0.25, -0.2) is 4.98 Å². The Labute approximate surface area is 192 Å². The van der Waals surface area contributed by atoms with E-state index in [-0.39, 0.29) is 32.0 Å². The Balaban J connectivity index is 0.00000272. The summed E-state index contributed by atoms with van der Waals surface area (Å²) in [6.07, 6.45) is -0.505. The van der Waals surface area contributed by atoms with E-state index in [1.165, 1.54) is 6.07 Å². The summed E-state index contributed by atoms with van der Waals surface area (Å²) < 4.78 is 0. The van der Waals surface area contributed by atoms with Gasteiger partial charge in [-0.1, -0.05) is 39.1 Å². The zero-order chi connectivity index (χ0) is 22.5. The van der Waals surface area contributed by atoms with Gasteiger partial charge in [-0.2, -0.15) is 5.26 Å². The second-order valence-corrected chi connectivity index (χ2v) is 6.72. The molecule has 0 spiro atoms. The van der Waals surface area contributed by atoms with Gasteiger partial charge in [0.05, 0.1) is 18.2 Å². The number of nitriles is 1. The fraction of sp³-hybridized carbons (Fsp3) is 0.167. The lowest BCUT2D eigenvalue weighted by atomic mass is 9.97. The molecule has 0 aliphatic rings. The molecule has 3 rings (SSSR count). The summed E-state index contributed by atoms with van der Waals surface area (Å²) in [6.45, 7) is 0. The largest absolute Gasteiger partial charge is 0.507 e. The molecule has 1 aromatic heterocycles. The SMILES string of the molecule is C.C.N#Cc1c(-c2cccc(NC(=O)[C@@H](N)CC(=O)O)c2)cc(-c2ccccc2O)nc1N. The number of aromatic hydroxyl groups is 1. The number of hydrogen-bond acceptors (Lipinski definition) is 7. The summed E-state index contributed by atoms with van der Waals surface area (Å²) in [5, 5.41) is 31.1. The fourth-order valence-corrected chi connectivity index (χ4v) is 3.02. The third-order valence-corrected chi connectivity index (χ3v) is 4.51. The van der Waals surface area contributed by atoms with Crippen LogP contribution in [0.15, 0.2) is 54.6 Å². The average Bonchev–Trinajstić information content (AvgIpc) is 2.73. The van der Waals surface area contributed by atoms with Crippen LogP contribution in [0, 0.1) is 11.3 Å². The number of anilines is 2. The van der Waals surface area contributed by atoms with Crippen LogP contribution in [0.1, 0.15) is 26.8 Å². The smallest absolute Gasteiger partial charge is 0.305 e. The Hall–Kier alpha value is -4.42. The third-order valence-electron chi connectivity index (χ3n) is 4.51. The summed E-state index contributed by atoms with van der Waals surface area (Å²) in [7, 11) is 0. The van der Waals surface area contributed by atoms with Gasteiger partial charge in [-0.15, -0.1) is 0 Å². The Morgan fingerprint density at radius 3 is 2.42 bits per heavy atom. The normalized spacial score (nSPS) is 10.7. The van der Waals surface area contributed by atoms with Crippen molar-refractivity contribution in [2.24, 2.45) is 5.73 Å². The Morgan fingerprint density at radius 2 is 1.79 bits per heavy atom. The van der Waals surface area contributed by atoms with E-state index in [4.69, 9.17) is 16.6 Å². The van der Waals surface area contributed by atoms with Gasteiger partial charge < -0.3 is 27.0 Å². The number of carbonyl (C=O) groups is 2. The number of para-hydroxylation sites is 1. The van der Waals surface area contributed by atoms with Crippen LogP contribution < -0.4 is 16.8 Å². The molecule has 7 N–H and O–H groups in total. The maximum Gasteiger partial charge on any atom is 0.305 e. The molecular formula is C24H27N5O4. The minimum absolute atomic E-state index is 0. The number of nitrogen functional groups attached to an aromatic ring is 1. The van der Waals surface area contributed by atoms with E-state index in [9.17, 15) is 20.0 Å². The van der Waals surface area contributed by atoms with Crippen LogP contribution in [0.3, 0.4) is 0 Å². The van der Waals surface area contributed by atoms with E-state index in [2.05, 4.69) is 10.3 Å². The van der Waals surface area contributed by atoms with Crippen LogP contribution in [0.2, 0.25) is 0 Å². The maximum absolute atomic E-state index is 12.1. The number of nitrogens with two attached hydrogens (primary N) is 2. The standard InChI is InChI=1S/C22H19N5O4.2CH4/c23-11-16-15(9-18(27-21(16)25)14-6-1-2-7-19(14)28)12-4-3-5-13(8-12)26-22(31)17(24)10-20(29)30;;/h1-9,17,28H,10,24H2,(H2,25,27)(H,26,31)(H,29,30);2*1H4/t17-;;/m0../s1. The van der Waals surface area contributed by atoms with Gasteiger partial charge >= 0.3 is 5.97 Å². The molecule has 0 aliphatic heterocycles. The van der Waals surface area contributed by atoms with Crippen molar-refractivity contribution in [3.05, 3.63) is 60.2 Å². The number of nitrogens with one attached hydrogen (secondary N) is 1. The number of carboxylic acid groups (broad SMARTS) is 1. The highest BCUT2D eigenvalue weighted by Gasteiger charge is 2.18. The molecule has 0 saturated carbocycles. The molecule has 9 nitrogen and oxygen atoms in total.